The summed E-state index contributed by atoms with van der Waals surface area (Å²) < 4.78 is 5.13. The van der Waals surface area contributed by atoms with Gasteiger partial charge < -0.3 is 15.2 Å². The first-order valence-corrected chi connectivity index (χ1v) is 8.00. The zero-order valence-electron chi connectivity index (χ0n) is 14.3. The van der Waals surface area contributed by atoms with E-state index in [1.165, 1.54) is 6.92 Å². The second-order valence-electron chi connectivity index (χ2n) is 5.68. The second-order valence-corrected chi connectivity index (χ2v) is 5.68. The van der Waals surface area contributed by atoms with Crippen LogP contribution in [-0.2, 0) is 27.4 Å². The molecular weight excluding hydrogens is 336 g/mol. The Hall–Kier alpha value is -3.35. The number of carbonyl (C=O) groups is 3. The molecule has 136 valence electrons. The quantitative estimate of drug-likeness (QED) is 0.707. The number of nitrogens with one attached hydrogen (secondary N) is 2. The molecule has 0 saturated heterocycles. The smallest absolute Gasteiger partial charge is 0.411 e. The number of anilines is 1. The summed E-state index contributed by atoms with van der Waals surface area (Å²) in [5, 5.41) is 14.1. The van der Waals surface area contributed by atoms with Gasteiger partial charge in [0.1, 0.15) is 12.6 Å². The van der Waals surface area contributed by atoms with Crippen molar-refractivity contribution in [1.82, 2.24) is 5.32 Å². The Morgan fingerprint density at radius 1 is 1.00 bits per heavy atom. The van der Waals surface area contributed by atoms with Crippen LogP contribution in [0.5, 0.6) is 0 Å². The highest BCUT2D eigenvalue weighted by Gasteiger charge is 2.18. The van der Waals surface area contributed by atoms with Gasteiger partial charge in [0.15, 0.2) is 0 Å². The predicted octanol–water partition coefficient (Wildman–Crippen LogP) is 2.57. The maximum absolute atomic E-state index is 11.8. The van der Waals surface area contributed by atoms with Gasteiger partial charge in [0, 0.05) is 19.0 Å². The standard InChI is InChI=1S/C19H20N2O5/c1-13(22)20-17(18(23)24)11-14-7-9-16(10-8-14)21-19(25)26-12-15-5-3-2-4-6-15/h2-10,17H,11-12H2,1H3,(H,20,22)(H,21,25)(H,23,24)/t17-/m1/s1. The number of benzene rings is 2. The molecule has 2 aromatic rings. The van der Waals surface area contributed by atoms with Crippen molar-refractivity contribution in [3.05, 3.63) is 65.7 Å². The molecule has 2 aromatic carbocycles. The van der Waals surface area contributed by atoms with Crippen LogP contribution < -0.4 is 10.6 Å². The summed E-state index contributed by atoms with van der Waals surface area (Å²) in [6.07, 6.45) is -0.434. The topological polar surface area (TPSA) is 105 Å². The Bertz CT molecular complexity index is 759. The minimum Gasteiger partial charge on any atom is -0.480 e. The molecule has 0 unspecified atom stereocenters. The number of rotatable bonds is 7. The lowest BCUT2D eigenvalue weighted by atomic mass is 10.1. The number of carboxylic acids is 1. The summed E-state index contributed by atoms with van der Waals surface area (Å²) in [7, 11) is 0. The first-order chi connectivity index (χ1) is 12.4. The molecule has 0 bridgehead atoms. The van der Waals surface area contributed by atoms with Gasteiger partial charge >= 0.3 is 12.1 Å². The molecule has 0 radical (unpaired) electrons. The first-order valence-electron chi connectivity index (χ1n) is 8.00. The maximum atomic E-state index is 11.8. The van der Waals surface area contributed by atoms with Crippen LogP contribution in [0.3, 0.4) is 0 Å². The molecule has 0 fully saturated rings. The van der Waals surface area contributed by atoms with Crippen LogP contribution in [0.15, 0.2) is 54.6 Å². The average Bonchev–Trinajstić information content (AvgIpc) is 2.61. The number of ether oxygens (including phenoxy) is 1. The number of hydrogen-bond acceptors (Lipinski definition) is 4. The molecule has 0 saturated carbocycles. The first kappa shape index (κ1) is 19.0. The number of amides is 2. The fraction of sp³-hybridized carbons (Fsp3) is 0.211. The lowest BCUT2D eigenvalue weighted by Crippen LogP contribution is -2.41. The molecule has 0 aliphatic heterocycles. The maximum Gasteiger partial charge on any atom is 0.411 e. The van der Waals surface area contributed by atoms with Crippen molar-refractivity contribution in [2.45, 2.75) is 26.0 Å². The van der Waals surface area contributed by atoms with E-state index in [0.29, 0.717) is 11.3 Å². The lowest BCUT2D eigenvalue weighted by molar-refractivity contribution is -0.141. The van der Waals surface area contributed by atoms with Crippen molar-refractivity contribution < 1.29 is 24.2 Å². The van der Waals surface area contributed by atoms with E-state index in [1.807, 2.05) is 30.3 Å². The number of carboxylic acid groups (broad SMARTS) is 1. The molecule has 1 atom stereocenters. The third-order valence-corrected chi connectivity index (χ3v) is 3.53. The fourth-order valence-electron chi connectivity index (χ4n) is 2.28. The second kappa shape index (κ2) is 9.22. The van der Waals surface area contributed by atoms with Crippen molar-refractivity contribution in [3.63, 3.8) is 0 Å². The average molecular weight is 356 g/mol. The van der Waals surface area contributed by atoms with Gasteiger partial charge in [0.2, 0.25) is 5.91 Å². The van der Waals surface area contributed by atoms with Gasteiger partial charge in [-0.25, -0.2) is 9.59 Å². The van der Waals surface area contributed by atoms with Gasteiger partial charge in [-0.3, -0.25) is 10.1 Å². The van der Waals surface area contributed by atoms with Crippen LogP contribution >= 0.6 is 0 Å². The Labute approximate surface area is 151 Å². The molecule has 2 rings (SSSR count). The minimum absolute atomic E-state index is 0.146. The normalized spacial score (nSPS) is 11.3. The van der Waals surface area contributed by atoms with Crippen molar-refractivity contribution >= 4 is 23.7 Å². The monoisotopic (exact) mass is 356 g/mol. The van der Waals surface area contributed by atoms with E-state index < -0.39 is 24.0 Å². The van der Waals surface area contributed by atoms with E-state index in [4.69, 9.17) is 9.84 Å². The van der Waals surface area contributed by atoms with Gasteiger partial charge in [0.05, 0.1) is 0 Å². The fourth-order valence-corrected chi connectivity index (χ4v) is 2.28. The zero-order chi connectivity index (χ0) is 18.9. The molecule has 7 nitrogen and oxygen atoms in total. The molecule has 0 aliphatic carbocycles. The third-order valence-electron chi connectivity index (χ3n) is 3.53. The Morgan fingerprint density at radius 3 is 2.23 bits per heavy atom. The van der Waals surface area contributed by atoms with Gasteiger partial charge in [-0.1, -0.05) is 42.5 Å². The summed E-state index contributed by atoms with van der Waals surface area (Å²) in [4.78, 5) is 34.0. The van der Waals surface area contributed by atoms with Crippen molar-refractivity contribution in [3.8, 4) is 0 Å². The third kappa shape index (κ3) is 6.27. The van der Waals surface area contributed by atoms with Crippen molar-refractivity contribution in [2.24, 2.45) is 0 Å². The summed E-state index contributed by atoms with van der Waals surface area (Å²) in [6.45, 7) is 1.44. The summed E-state index contributed by atoms with van der Waals surface area (Å²) in [6, 6.07) is 15.0. The highest BCUT2D eigenvalue weighted by Crippen LogP contribution is 2.12. The van der Waals surface area contributed by atoms with E-state index in [-0.39, 0.29) is 13.0 Å². The van der Waals surface area contributed by atoms with Gasteiger partial charge in [0.25, 0.3) is 0 Å². The Kier molecular flexibility index (Phi) is 6.73. The Morgan fingerprint density at radius 2 is 1.65 bits per heavy atom. The van der Waals surface area contributed by atoms with Gasteiger partial charge in [-0.05, 0) is 23.3 Å². The van der Waals surface area contributed by atoms with Crippen LogP contribution in [0, 0.1) is 0 Å². The molecular formula is C19H20N2O5. The zero-order valence-corrected chi connectivity index (χ0v) is 14.3. The van der Waals surface area contributed by atoms with E-state index >= 15 is 0 Å². The molecule has 3 N–H and O–H groups in total. The molecule has 2 amide bonds. The van der Waals surface area contributed by atoms with Crippen LogP contribution in [-0.4, -0.2) is 29.1 Å². The molecule has 0 aromatic heterocycles. The molecule has 0 heterocycles. The van der Waals surface area contributed by atoms with Crippen LogP contribution in [0.2, 0.25) is 0 Å². The SMILES string of the molecule is CC(=O)N[C@H](Cc1ccc(NC(=O)OCc2ccccc2)cc1)C(=O)O. The minimum atomic E-state index is -1.10. The van der Waals surface area contributed by atoms with E-state index in [9.17, 15) is 14.4 Å². The van der Waals surface area contributed by atoms with Gasteiger partial charge in [-0.2, -0.15) is 0 Å². The number of carbonyl (C=O) groups excluding carboxylic acids is 2. The highest BCUT2D eigenvalue weighted by atomic mass is 16.5. The molecule has 7 heteroatoms. The highest BCUT2D eigenvalue weighted by molar-refractivity contribution is 5.84. The van der Waals surface area contributed by atoms with Crippen molar-refractivity contribution in [2.75, 3.05) is 5.32 Å². The van der Waals surface area contributed by atoms with E-state index in [2.05, 4.69) is 10.6 Å². The predicted molar refractivity (Wildman–Crippen MR) is 95.6 cm³/mol. The van der Waals surface area contributed by atoms with Crippen LogP contribution in [0.1, 0.15) is 18.1 Å². The van der Waals surface area contributed by atoms with E-state index in [1.54, 1.807) is 24.3 Å². The van der Waals surface area contributed by atoms with Gasteiger partial charge in [-0.15, -0.1) is 0 Å². The summed E-state index contributed by atoms with van der Waals surface area (Å²) >= 11 is 0. The molecule has 26 heavy (non-hydrogen) atoms. The summed E-state index contributed by atoms with van der Waals surface area (Å²) in [5.74, 6) is -1.51. The van der Waals surface area contributed by atoms with Crippen LogP contribution in [0.25, 0.3) is 0 Å². The van der Waals surface area contributed by atoms with E-state index in [0.717, 1.165) is 5.56 Å². The number of hydrogen-bond donors (Lipinski definition) is 3. The lowest BCUT2D eigenvalue weighted by Gasteiger charge is -2.13. The largest absolute Gasteiger partial charge is 0.480 e. The van der Waals surface area contributed by atoms with Crippen LogP contribution in [0.4, 0.5) is 10.5 Å². The summed E-state index contributed by atoms with van der Waals surface area (Å²) in [5.41, 5.74) is 2.13. The molecule has 0 aliphatic rings. The number of aliphatic carboxylic acids is 1. The Balaban J connectivity index is 1.87. The molecule has 0 spiro atoms. The van der Waals surface area contributed by atoms with Crippen molar-refractivity contribution in [1.29, 1.82) is 0 Å².